The highest BCUT2D eigenvalue weighted by molar-refractivity contribution is 6.02. The molecular formula is C20H17N3O4. The molecule has 0 atom stereocenters. The van der Waals surface area contributed by atoms with Crippen LogP contribution in [0.25, 0.3) is 11.8 Å². The van der Waals surface area contributed by atoms with Gasteiger partial charge in [-0.2, -0.15) is 5.26 Å². The van der Waals surface area contributed by atoms with Crippen LogP contribution < -0.4 is 0 Å². The van der Waals surface area contributed by atoms with E-state index in [0.29, 0.717) is 11.3 Å². The largest absolute Gasteiger partial charge is 0.468 e. The molecule has 2 rings (SSSR count). The lowest BCUT2D eigenvalue weighted by Crippen LogP contribution is -2.26. The van der Waals surface area contributed by atoms with E-state index in [-0.39, 0.29) is 11.3 Å². The lowest BCUT2D eigenvalue weighted by atomic mass is 9.92. The molecule has 1 aromatic heterocycles. The fourth-order valence-corrected chi connectivity index (χ4v) is 2.55. The van der Waals surface area contributed by atoms with E-state index in [4.69, 9.17) is 9.47 Å². The van der Waals surface area contributed by atoms with Crippen molar-refractivity contribution in [2.75, 3.05) is 14.2 Å². The standard InChI is InChI=1S/C20H17N3O4/c1-22-15(13-7-5-4-6-8-13)11-14-9-10-23-16(12-21)17(14)18(19(24)26-2)20(25)27-3/h4-11,18H,1H2,2-3H3. The molecule has 0 N–H and O–H groups in total. The maximum Gasteiger partial charge on any atom is 0.324 e. The molecule has 136 valence electrons. The number of methoxy groups -OCH3 is 2. The third kappa shape index (κ3) is 4.25. The van der Waals surface area contributed by atoms with Crippen LogP contribution in [0.1, 0.15) is 28.3 Å². The van der Waals surface area contributed by atoms with Gasteiger partial charge in [-0.05, 0) is 24.4 Å². The number of rotatable bonds is 6. The van der Waals surface area contributed by atoms with Crippen molar-refractivity contribution in [3.63, 3.8) is 0 Å². The summed E-state index contributed by atoms with van der Waals surface area (Å²) >= 11 is 0. The number of benzene rings is 1. The third-order valence-corrected chi connectivity index (χ3v) is 3.82. The van der Waals surface area contributed by atoms with Gasteiger partial charge in [-0.25, -0.2) is 4.98 Å². The first-order valence-corrected chi connectivity index (χ1v) is 7.85. The molecule has 0 radical (unpaired) electrons. The Kier molecular flexibility index (Phi) is 6.55. The number of nitrogens with zero attached hydrogens (tertiary/aromatic N) is 3. The fourth-order valence-electron chi connectivity index (χ4n) is 2.55. The van der Waals surface area contributed by atoms with Crippen LogP contribution in [0.5, 0.6) is 0 Å². The minimum Gasteiger partial charge on any atom is -0.468 e. The van der Waals surface area contributed by atoms with Crippen LogP contribution in [0.4, 0.5) is 0 Å². The van der Waals surface area contributed by atoms with Gasteiger partial charge in [0.05, 0.1) is 19.9 Å². The first-order chi connectivity index (χ1) is 13.1. The van der Waals surface area contributed by atoms with Gasteiger partial charge in [0.15, 0.2) is 5.92 Å². The molecule has 1 heterocycles. The van der Waals surface area contributed by atoms with Gasteiger partial charge in [-0.3, -0.25) is 14.6 Å². The van der Waals surface area contributed by atoms with Gasteiger partial charge >= 0.3 is 11.9 Å². The van der Waals surface area contributed by atoms with Gasteiger partial charge in [0.1, 0.15) is 11.8 Å². The molecule has 27 heavy (non-hydrogen) atoms. The summed E-state index contributed by atoms with van der Waals surface area (Å²) in [7, 11) is 2.30. The smallest absolute Gasteiger partial charge is 0.324 e. The Hall–Kier alpha value is -3.79. The molecule has 0 aliphatic rings. The number of hydrogen-bond acceptors (Lipinski definition) is 7. The second-order valence-corrected chi connectivity index (χ2v) is 5.31. The van der Waals surface area contributed by atoms with Crippen molar-refractivity contribution in [2.45, 2.75) is 5.92 Å². The molecule has 0 bridgehead atoms. The number of nitriles is 1. The van der Waals surface area contributed by atoms with E-state index in [1.807, 2.05) is 36.4 Å². The van der Waals surface area contributed by atoms with Gasteiger partial charge in [0.25, 0.3) is 0 Å². The Morgan fingerprint density at radius 3 is 2.33 bits per heavy atom. The van der Waals surface area contributed by atoms with E-state index in [9.17, 15) is 14.9 Å². The monoisotopic (exact) mass is 363 g/mol. The maximum atomic E-state index is 12.2. The maximum absolute atomic E-state index is 12.2. The first-order valence-electron chi connectivity index (χ1n) is 7.85. The molecule has 0 amide bonds. The molecule has 0 spiro atoms. The number of carbonyl (C=O) groups is 2. The van der Waals surface area contributed by atoms with Gasteiger partial charge in [-0.15, -0.1) is 0 Å². The number of hydrogen-bond donors (Lipinski definition) is 0. The molecule has 1 aromatic carbocycles. The predicted octanol–water partition coefficient (Wildman–Crippen LogP) is 2.58. The summed E-state index contributed by atoms with van der Waals surface area (Å²) in [6.07, 6.45) is 3.03. The molecule has 0 aliphatic heterocycles. The zero-order valence-corrected chi connectivity index (χ0v) is 14.9. The number of aliphatic imine (C=N–C) groups is 1. The van der Waals surface area contributed by atoms with E-state index in [1.165, 1.54) is 6.20 Å². The molecule has 2 aromatic rings. The second-order valence-electron chi connectivity index (χ2n) is 5.31. The Morgan fingerprint density at radius 1 is 1.19 bits per heavy atom. The molecule has 0 unspecified atom stereocenters. The minimum absolute atomic E-state index is 0.0824. The highest BCUT2D eigenvalue weighted by Gasteiger charge is 2.35. The molecule has 0 fully saturated rings. The van der Waals surface area contributed by atoms with Crippen LogP contribution in [-0.4, -0.2) is 37.9 Å². The van der Waals surface area contributed by atoms with Gasteiger partial charge in [-0.1, -0.05) is 30.3 Å². The molecule has 7 nitrogen and oxygen atoms in total. The summed E-state index contributed by atoms with van der Waals surface area (Å²) in [5, 5.41) is 9.44. The van der Waals surface area contributed by atoms with E-state index in [2.05, 4.69) is 16.7 Å². The van der Waals surface area contributed by atoms with Crippen LogP contribution in [0.15, 0.2) is 47.6 Å². The molecule has 0 saturated heterocycles. The average molecular weight is 363 g/mol. The lowest BCUT2D eigenvalue weighted by Gasteiger charge is -2.16. The summed E-state index contributed by atoms with van der Waals surface area (Å²) in [5.41, 5.74) is 1.70. The minimum atomic E-state index is -1.45. The zero-order valence-electron chi connectivity index (χ0n) is 14.9. The summed E-state index contributed by atoms with van der Waals surface area (Å²) in [6.45, 7) is 3.57. The number of carbonyl (C=O) groups excluding carboxylic acids is 2. The highest BCUT2D eigenvalue weighted by Crippen LogP contribution is 2.29. The number of ether oxygens (including phenoxy) is 2. The highest BCUT2D eigenvalue weighted by atomic mass is 16.5. The van der Waals surface area contributed by atoms with Crippen LogP contribution in [0, 0.1) is 11.3 Å². The zero-order chi connectivity index (χ0) is 19.8. The average Bonchev–Trinajstić information content (AvgIpc) is 2.72. The Labute approximate surface area is 156 Å². The topological polar surface area (TPSA) is 102 Å². The van der Waals surface area contributed by atoms with Crippen LogP contribution >= 0.6 is 0 Å². The van der Waals surface area contributed by atoms with E-state index < -0.39 is 17.9 Å². The summed E-state index contributed by atoms with van der Waals surface area (Å²) in [5.74, 6) is -3.15. The van der Waals surface area contributed by atoms with Gasteiger partial charge in [0.2, 0.25) is 0 Å². The van der Waals surface area contributed by atoms with Crippen molar-refractivity contribution in [3.8, 4) is 6.07 Å². The van der Waals surface area contributed by atoms with E-state index in [1.54, 1.807) is 12.1 Å². The van der Waals surface area contributed by atoms with Crippen molar-refractivity contribution in [1.82, 2.24) is 4.98 Å². The van der Waals surface area contributed by atoms with Crippen molar-refractivity contribution in [1.29, 1.82) is 5.26 Å². The summed E-state index contributed by atoms with van der Waals surface area (Å²) in [6, 6.07) is 12.7. The summed E-state index contributed by atoms with van der Waals surface area (Å²) < 4.78 is 9.45. The Bertz CT molecular complexity index is 914. The quantitative estimate of drug-likeness (QED) is 0.444. The Balaban J connectivity index is 2.73. The molecule has 7 heteroatoms. The lowest BCUT2D eigenvalue weighted by molar-refractivity contribution is -0.154. The second kappa shape index (κ2) is 9.06. The van der Waals surface area contributed by atoms with Gasteiger partial charge < -0.3 is 9.47 Å². The van der Waals surface area contributed by atoms with Crippen molar-refractivity contribution >= 4 is 30.4 Å². The third-order valence-electron chi connectivity index (χ3n) is 3.82. The van der Waals surface area contributed by atoms with E-state index in [0.717, 1.165) is 19.8 Å². The number of pyridine rings is 1. The molecule has 0 saturated carbocycles. The van der Waals surface area contributed by atoms with Gasteiger partial charge in [0, 0.05) is 17.3 Å². The number of esters is 2. The molecular weight excluding hydrogens is 346 g/mol. The van der Waals surface area contributed by atoms with Crippen LogP contribution in [0.2, 0.25) is 0 Å². The van der Waals surface area contributed by atoms with Crippen molar-refractivity contribution in [3.05, 3.63) is 65.0 Å². The van der Waals surface area contributed by atoms with E-state index >= 15 is 0 Å². The summed E-state index contributed by atoms with van der Waals surface area (Å²) in [4.78, 5) is 32.5. The molecule has 0 aliphatic carbocycles. The first kappa shape index (κ1) is 19.5. The number of aromatic nitrogens is 1. The normalized spacial score (nSPS) is 10.8. The SMILES string of the molecule is C=NC(=Cc1ccnc(C#N)c1C(C(=O)OC)C(=O)OC)c1ccccc1. The van der Waals surface area contributed by atoms with Crippen molar-refractivity contribution < 1.29 is 19.1 Å². The predicted molar refractivity (Wildman–Crippen MR) is 99.6 cm³/mol. The fraction of sp³-hybridized carbons (Fsp3) is 0.150. The van der Waals surface area contributed by atoms with Crippen LogP contribution in [0.3, 0.4) is 0 Å². The van der Waals surface area contributed by atoms with Crippen LogP contribution in [-0.2, 0) is 19.1 Å². The Morgan fingerprint density at radius 2 is 1.81 bits per heavy atom. The van der Waals surface area contributed by atoms with Crippen molar-refractivity contribution in [2.24, 2.45) is 4.99 Å².